The van der Waals surface area contributed by atoms with E-state index in [9.17, 15) is 4.79 Å². The van der Waals surface area contributed by atoms with Gasteiger partial charge in [-0.15, -0.1) is 0 Å². The van der Waals surface area contributed by atoms with E-state index in [1.165, 1.54) is 6.42 Å². The third-order valence-electron chi connectivity index (χ3n) is 3.45. The van der Waals surface area contributed by atoms with Crippen LogP contribution in [0.3, 0.4) is 0 Å². The van der Waals surface area contributed by atoms with Gasteiger partial charge in [-0.3, -0.25) is 4.79 Å². The number of nitrogens with zero attached hydrogens (tertiary/aromatic N) is 1. The summed E-state index contributed by atoms with van der Waals surface area (Å²) < 4.78 is 0. The molecule has 0 aliphatic carbocycles. The van der Waals surface area contributed by atoms with E-state index in [1.807, 2.05) is 0 Å². The Morgan fingerprint density at radius 1 is 1.40 bits per heavy atom. The van der Waals surface area contributed by atoms with Crippen LogP contribution in [0.5, 0.6) is 0 Å². The lowest BCUT2D eigenvalue weighted by Crippen LogP contribution is -2.40. The second-order valence-corrected chi connectivity index (χ2v) is 6.10. The maximum absolute atomic E-state index is 12.1. The van der Waals surface area contributed by atoms with Crippen molar-refractivity contribution in [1.29, 1.82) is 0 Å². The van der Waals surface area contributed by atoms with Crippen LogP contribution in [0.15, 0.2) is 0 Å². The molecule has 2 atom stereocenters. The molecule has 0 bridgehead atoms. The van der Waals surface area contributed by atoms with Crippen molar-refractivity contribution < 1.29 is 4.79 Å². The first-order valence-corrected chi connectivity index (χ1v) is 5.97. The van der Waals surface area contributed by atoms with Gasteiger partial charge in [0.1, 0.15) is 0 Å². The van der Waals surface area contributed by atoms with Gasteiger partial charge in [-0.1, -0.05) is 20.8 Å². The molecule has 2 saturated heterocycles. The van der Waals surface area contributed by atoms with Crippen molar-refractivity contribution in [2.75, 3.05) is 19.6 Å². The van der Waals surface area contributed by atoms with Gasteiger partial charge >= 0.3 is 0 Å². The number of carbonyl (C=O) groups excluding carboxylic acids is 1. The van der Waals surface area contributed by atoms with Crippen molar-refractivity contribution >= 4 is 5.91 Å². The van der Waals surface area contributed by atoms with Crippen LogP contribution in [-0.4, -0.2) is 36.5 Å². The average Bonchev–Trinajstić information content (AvgIpc) is 2.57. The van der Waals surface area contributed by atoms with Crippen LogP contribution in [0.4, 0.5) is 0 Å². The molecule has 0 saturated carbocycles. The Hall–Kier alpha value is -0.570. The van der Waals surface area contributed by atoms with Crippen molar-refractivity contribution in [2.45, 2.75) is 39.7 Å². The van der Waals surface area contributed by atoms with Gasteiger partial charge in [0.05, 0.1) is 0 Å². The minimum atomic E-state index is 0.112. The molecular weight excluding hydrogens is 188 g/mol. The molecule has 15 heavy (non-hydrogen) atoms. The molecule has 86 valence electrons. The molecule has 0 unspecified atom stereocenters. The minimum absolute atomic E-state index is 0.112. The van der Waals surface area contributed by atoms with Crippen molar-refractivity contribution in [1.82, 2.24) is 10.2 Å². The van der Waals surface area contributed by atoms with Crippen LogP contribution in [0, 0.1) is 11.3 Å². The van der Waals surface area contributed by atoms with E-state index in [1.54, 1.807) is 0 Å². The van der Waals surface area contributed by atoms with E-state index in [4.69, 9.17) is 0 Å². The SMILES string of the molecule is CC(C)(C)CC(=O)N1CC[C@@H]2CNC[C@H]21. The van der Waals surface area contributed by atoms with Gasteiger partial charge in [-0.25, -0.2) is 0 Å². The Morgan fingerprint density at radius 3 is 2.80 bits per heavy atom. The highest BCUT2D eigenvalue weighted by Gasteiger charge is 2.40. The van der Waals surface area contributed by atoms with Gasteiger partial charge in [0.25, 0.3) is 0 Å². The van der Waals surface area contributed by atoms with E-state index in [0.29, 0.717) is 24.3 Å². The predicted molar refractivity (Wildman–Crippen MR) is 60.5 cm³/mol. The minimum Gasteiger partial charge on any atom is -0.338 e. The smallest absolute Gasteiger partial charge is 0.223 e. The third kappa shape index (κ3) is 2.33. The number of rotatable bonds is 1. The predicted octanol–water partition coefficient (Wildman–Crippen LogP) is 1.24. The maximum atomic E-state index is 12.1. The Morgan fingerprint density at radius 2 is 2.13 bits per heavy atom. The largest absolute Gasteiger partial charge is 0.338 e. The quantitative estimate of drug-likeness (QED) is 0.706. The van der Waals surface area contributed by atoms with Gasteiger partial charge in [-0.2, -0.15) is 0 Å². The van der Waals surface area contributed by atoms with E-state index in [-0.39, 0.29) is 5.41 Å². The molecule has 0 spiro atoms. The van der Waals surface area contributed by atoms with Gasteiger partial charge in [-0.05, 0) is 17.8 Å². The molecule has 0 radical (unpaired) electrons. The van der Waals surface area contributed by atoms with Crippen LogP contribution < -0.4 is 5.32 Å². The molecule has 2 aliphatic heterocycles. The summed E-state index contributed by atoms with van der Waals surface area (Å²) in [4.78, 5) is 14.2. The lowest BCUT2D eigenvalue weighted by atomic mass is 9.91. The molecule has 2 rings (SSSR count). The Bertz CT molecular complexity index is 257. The highest BCUT2D eigenvalue weighted by molar-refractivity contribution is 5.77. The zero-order chi connectivity index (χ0) is 11.1. The first-order valence-electron chi connectivity index (χ1n) is 5.97. The highest BCUT2D eigenvalue weighted by Crippen LogP contribution is 2.29. The molecule has 3 nitrogen and oxygen atoms in total. The summed E-state index contributed by atoms with van der Waals surface area (Å²) in [5, 5.41) is 3.38. The van der Waals surface area contributed by atoms with Crippen LogP contribution in [0.25, 0.3) is 0 Å². The Kier molecular flexibility index (Phi) is 2.75. The van der Waals surface area contributed by atoms with E-state index in [0.717, 1.165) is 19.6 Å². The maximum Gasteiger partial charge on any atom is 0.223 e. The molecule has 2 aliphatic rings. The standard InChI is InChI=1S/C12H22N2O/c1-12(2,3)6-11(15)14-5-4-9-7-13-8-10(9)14/h9-10,13H,4-8H2,1-3H3/t9-,10-/m1/s1. The number of fused-ring (bicyclic) bond motifs is 1. The Labute approximate surface area is 92.2 Å². The van der Waals surface area contributed by atoms with Gasteiger partial charge in [0.2, 0.25) is 5.91 Å². The zero-order valence-corrected chi connectivity index (χ0v) is 10.0. The lowest BCUT2D eigenvalue weighted by Gasteiger charge is -2.27. The second kappa shape index (κ2) is 3.78. The molecule has 1 amide bonds. The fourth-order valence-electron chi connectivity index (χ4n) is 2.71. The fourth-order valence-corrected chi connectivity index (χ4v) is 2.71. The summed E-state index contributed by atoms with van der Waals surface area (Å²) in [6, 6.07) is 0.486. The van der Waals surface area contributed by atoms with Crippen molar-refractivity contribution in [3.05, 3.63) is 0 Å². The number of hydrogen-bond acceptors (Lipinski definition) is 2. The molecule has 0 aromatic heterocycles. The zero-order valence-electron chi connectivity index (χ0n) is 10.0. The monoisotopic (exact) mass is 210 g/mol. The van der Waals surface area contributed by atoms with Crippen LogP contribution in [0.2, 0.25) is 0 Å². The van der Waals surface area contributed by atoms with Gasteiger partial charge in [0, 0.05) is 32.1 Å². The van der Waals surface area contributed by atoms with Gasteiger partial charge < -0.3 is 10.2 Å². The number of nitrogens with one attached hydrogen (secondary N) is 1. The summed E-state index contributed by atoms with van der Waals surface area (Å²) in [7, 11) is 0. The van der Waals surface area contributed by atoms with Crippen molar-refractivity contribution in [3.8, 4) is 0 Å². The lowest BCUT2D eigenvalue weighted by molar-refractivity contribution is -0.133. The summed E-state index contributed by atoms with van der Waals surface area (Å²) in [6.45, 7) is 9.47. The summed E-state index contributed by atoms with van der Waals surface area (Å²) in [5.41, 5.74) is 0.112. The summed E-state index contributed by atoms with van der Waals surface area (Å²) in [5.74, 6) is 1.06. The molecular formula is C12H22N2O. The number of likely N-dealkylation sites (tertiary alicyclic amines) is 1. The topological polar surface area (TPSA) is 32.3 Å². The summed E-state index contributed by atoms with van der Waals surface area (Å²) >= 11 is 0. The first kappa shape index (κ1) is 10.9. The average molecular weight is 210 g/mol. The van der Waals surface area contributed by atoms with E-state index < -0.39 is 0 Å². The molecule has 3 heteroatoms. The first-order chi connectivity index (χ1) is 6.97. The number of amides is 1. The normalized spacial score (nSPS) is 30.7. The Balaban J connectivity index is 1.96. The van der Waals surface area contributed by atoms with E-state index in [2.05, 4.69) is 31.0 Å². The van der Waals surface area contributed by atoms with E-state index >= 15 is 0 Å². The molecule has 1 N–H and O–H groups in total. The third-order valence-corrected chi connectivity index (χ3v) is 3.45. The highest BCUT2D eigenvalue weighted by atomic mass is 16.2. The number of hydrogen-bond donors (Lipinski definition) is 1. The number of carbonyl (C=O) groups is 1. The molecule has 2 heterocycles. The summed E-state index contributed by atoms with van der Waals surface area (Å²) in [6.07, 6.45) is 1.86. The molecule has 0 aromatic carbocycles. The molecule has 2 fully saturated rings. The second-order valence-electron chi connectivity index (χ2n) is 6.10. The van der Waals surface area contributed by atoms with Crippen molar-refractivity contribution in [2.24, 2.45) is 11.3 Å². The van der Waals surface area contributed by atoms with Crippen molar-refractivity contribution in [3.63, 3.8) is 0 Å². The van der Waals surface area contributed by atoms with Crippen LogP contribution in [-0.2, 0) is 4.79 Å². The fraction of sp³-hybridized carbons (Fsp3) is 0.917. The van der Waals surface area contributed by atoms with Crippen LogP contribution >= 0.6 is 0 Å². The van der Waals surface area contributed by atoms with Gasteiger partial charge in [0.15, 0.2) is 0 Å². The molecule has 0 aromatic rings. The van der Waals surface area contributed by atoms with Crippen LogP contribution in [0.1, 0.15) is 33.6 Å².